The Labute approximate surface area is 118 Å². The van der Waals surface area contributed by atoms with E-state index < -0.39 is 11.7 Å². The van der Waals surface area contributed by atoms with E-state index in [-0.39, 0.29) is 6.04 Å². The van der Waals surface area contributed by atoms with Gasteiger partial charge in [0.05, 0.1) is 5.56 Å². The van der Waals surface area contributed by atoms with Gasteiger partial charge in [0, 0.05) is 22.7 Å². The first-order valence-electron chi connectivity index (χ1n) is 6.22. The van der Waals surface area contributed by atoms with Crippen LogP contribution in [-0.4, -0.2) is 12.6 Å². The molecule has 6 heteroatoms. The van der Waals surface area contributed by atoms with Crippen molar-refractivity contribution >= 4 is 21.6 Å². The largest absolute Gasteiger partial charge is 0.416 e. The minimum absolute atomic E-state index is 0.267. The fourth-order valence-electron chi connectivity index (χ4n) is 2.39. The first kappa shape index (κ1) is 14.7. The number of anilines is 1. The maximum absolute atomic E-state index is 12.5. The number of hydrogen-bond acceptors (Lipinski definition) is 2. The molecule has 0 saturated heterocycles. The Morgan fingerprint density at radius 2 is 2.05 bits per heavy atom. The maximum Gasteiger partial charge on any atom is 0.416 e. The molecule has 0 aromatic heterocycles. The Morgan fingerprint density at radius 1 is 1.32 bits per heavy atom. The number of nitrogens with one attached hydrogen (secondary N) is 1. The van der Waals surface area contributed by atoms with Crippen LogP contribution < -0.4 is 11.1 Å². The van der Waals surface area contributed by atoms with Gasteiger partial charge < -0.3 is 11.1 Å². The summed E-state index contributed by atoms with van der Waals surface area (Å²) in [5, 5.41) is 3.18. The van der Waals surface area contributed by atoms with Crippen molar-refractivity contribution in [2.45, 2.75) is 31.5 Å². The van der Waals surface area contributed by atoms with E-state index in [1.807, 2.05) is 0 Å². The van der Waals surface area contributed by atoms with Crippen LogP contribution >= 0.6 is 15.9 Å². The summed E-state index contributed by atoms with van der Waals surface area (Å²) in [7, 11) is 0. The summed E-state index contributed by atoms with van der Waals surface area (Å²) in [6.07, 6.45) is -1.22. The van der Waals surface area contributed by atoms with E-state index in [1.165, 1.54) is 6.07 Å². The van der Waals surface area contributed by atoms with E-state index in [2.05, 4.69) is 21.2 Å². The van der Waals surface area contributed by atoms with Crippen LogP contribution in [0.2, 0.25) is 0 Å². The highest BCUT2D eigenvalue weighted by molar-refractivity contribution is 9.10. The minimum Gasteiger partial charge on any atom is -0.384 e. The van der Waals surface area contributed by atoms with Gasteiger partial charge in [-0.3, -0.25) is 0 Å². The van der Waals surface area contributed by atoms with Crippen LogP contribution in [0.25, 0.3) is 0 Å². The Hall–Kier alpha value is -0.750. The van der Waals surface area contributed by atoms with E-state index in [9.17, 15) is 13.2 Å². The van der Waals surface area contributed by atoms with E-state index in [0.29, 0.717) is 16.1 Å². The summed E-state index contributed by atoms with van der Waals surface area (Å²) in [4.78, 5) is 0. The monoisotopic (exact) mass is 336 g/mol. The number of alkyl halides is 3. The van der Waals surface area contributed by atoms with Gasteiger partial charge in [-0.1, -0.05) is 0 Å². The second kappa shape index (κ2) is 5.71. The lowest BCUT2D eigenvalue weighted by molar-refractivity contribution is -0.137. The van der Waals surface area contributed by atoms with Crippen LogP contribution in [0.3, 0.4) is 0 Å². The van der Waals surface area contributed by atoms with Crippen LogP contribution in [0.4, 0.5) is 18.9 Å². The van der Waals surface area contributed by atoms with E-state index in [0.717, 1.165) is 37.9 Å². The molecule has 2 rings (SSSR count). The van der Waals surface area contributed by atoms with Gasteiger partial charge in [-0.15, -0.1) is 0 Å². The Balaban J connectivity index is 1.98. The number of nitrogens with two attached hydrogens (primary N) is 1. The van der Waals surface area contributed by atoms with Gasteiger partial charge in [-0.05, 0) is 59.3 Å². The highest BCUT2D eigenvalue weighted by Crippen LogP contribution is 2.34. The molecule has 2 unspecified atom stereocenters. The quantitative estimate of drug-likeness (QED) is 0.875. The lowest BCUT2D eigenvalue weighted by atomic mass is 10.1. The van der Waals surface area contributed by atoms with Crippen molar-refractivity contribution in [1.29, 1.82) is 0 Å². The third-order valence-electron chi connectivity index (χ3n) is 3.46. The molecular weight excluding hydrogens is 321 g/mol. The van der Waals surface area contributed by atoms with Crippen molar-refractivity contribution in [2.24, 2.45) is 11.7 Å². The molecule has 0 bridgehead atoms. The zero-order valence-corrected chi connectivity index (χ0v) is 11.9. The smallest absolute Gasteiger partial charge is 0.384 e. The van der Waals surface area contributed by atoms with Gasteiger partial charge in [0.15, 0.2) is 0 Å². The number of rotatable bonds is 3. The van der Waals surface area contributed by atoms with Gasteiger partial charge in [-0.2, -0.15) is 13.2 Å². The van der Waals surface area contributed by atoms with Gasteiger partial charge in [0.2, 0.25) is 0 Å². The Kier molecular flexibility index (Phi) is 4.40. The van der Waals surface area contributed by atoms with Crippen LogP contribution in [0.15, 0.2) is 22.7 Å². The van der Waals surface area contributed by atoms with Crippen molar-refractivity contribution in [3.05, 3.63) is 28.2 Å². The molecule has 19 heavy (non-hydrogen) atoms. The standard InChI is InChI=1S/C13H16BrF3N2/c14-11-6-9(13(15,16)17)2-4-12(11)19-7-8-1-3-10(18)5-8/h2,4,6,8,10,19H,1,3,5,7,18H2. The molecule has 0 aliphatic heterocycles. The van der Waals surface area contributed by atoms with Crippen molar-refractivity contribution in [1.82, 2.24) is 0 Å². The third-order valence-corrected chi connectivity index (χ3v) is 4.12. The molecule has 1 fully saturated rings. The van der Waals surface area contributed by atoms with Crippen molar-refractivity contribution in [2.75, 3.05) is 11.9 Å². The first-order valence-corrected chi connectivity index (χ1v) is 7.02. The molecule has 1 aromatic rings. The first-order chi connectivity index (χ1) is 8.86. The van der Waals surface area contributed by atoms with Gasteiger partial charge in [-0.25, -0.2) is 0 Å². The second-order valence-electron chi connectivity index (χ2n) is 5.01. The molecular formula is C13H16BrF3N2. The van der Waals surface area contributed by atoms with Crippen molar-refractivity contribution in [3.8, 4) is 0 Å². The third kappa shape index (κ3) is 3.86. The second-order valence-corrected chi connectivity index (χ2v) is 5.87. The van der Waals surface area contributed by atoms with Crippen LogP contribution in [0.1, 0.15) is 24.8 Å². The van der Waals surface area contributed by atoms with Crippen molar-refractivity contribution < 1.29 is 13.2 Å². The zero-order chi connectivity index (χ0) is 14.0. The molecule has 0 spiro atoms. The summed E-state index contributed by atoms with van der Waals surface area (Å²) >= 11 is 3.17. The molecule has 1 aliphatic rings. The van der Waals surface area contributed by atoms with E-state index >= 15 is 0 Å². The summed E-state index contributed by atoms with van der Waals surface area (Å²) in [6, 6.07) is 3.92. The molecule has 106 valence electrons. The lowest BCUT2D eigenvalue weighted by Crippen LogP contribution is -2.17. The maximum atomic E-state index is 12.5. The Morgan fingerprint density at radius 3 is 2.58 bits per heavy atom. The highest BCUT2D eigenvalue weighted by Gasteiger charge is 2.30. The molecule has 3 N–H and O–H groups in total. The minimum atomic E-state index is -4.31. The van der Waals surface area contributed by atoms with Gasteiger partial charge in [0.1, 0.15) is 0 Å². The molecule has 0 radical (unpaired) electrons. The molecule has 1 saturated carbocycles. The molecule has 2 nitrogen and oxygen atoms in total. The average Bonchev–Trinajstić information content (AvgIpc) is 2.72. The number of halogens is 4. The zero-order valence-electron chi connectivity index (χ0n) is 10.3. The highest BCUT2D eigenvalue weighted by atomic mass is 79.9. The predicted octanol–water partition coefficient (Wildman–Crippen LogP) is 4.01. The summed E-state index contributed by atoms with van der Waals surface area (Å²) < 4.78 is 38.0. The summed E-state index contributed by atoms with van der Waals surface area (Å²) in [5.74, 6) is 0.504. The van der Waals surface area contributed by atoms with Crippen molar-refractivity contribution in [3.63, 3.8) is 0 Å². The fourth-order valence-corrected chi connectivity index (χ4v) is 2.91. The molecule has 2 atom stereocenters. The normalized spacial score (nSPS) is 23.6. The SMILES string of the molecule is NC1CCC(CNc2ccc(C(F)(F)F)cc2Br)C1. The Bertz CT molecular complexity index is 448. The van der Waals surface area contributed by atoms with E-state index in [1.54, 1.807) is 0 Å². The van der Waals surface area contributed by atoms with Gasteiger partial charge >= 0.3 is 6.18 Å². The molecule has 1 aliphatic carbocycles. The van der Waals surface area contributed by atoms with Crippen LogP contribution in [0.5, 0.6) is 0 Å². The summed E-state index contributed by atoms with van der Waals surface area (Å²) in [5.41, 5.74) is 5.87. The number of hydrogen-bond donors (Lipinski definition) is 2. The fraction of sp³-hybridized carbons (Fsp3) is 0.538. The van der Waals surface area contributed by atoms with E-state index in [4.69, 9.17) is 5.73 Å². The molecule has 1 aromatic carbocycles. The van der Waals surface area contributed by atoms with Crippen LogP contribution in [0, 0.1) is 5.92 Å². The average molecular weight is 337 g/mol. The molecule has 0 amide bonds. The summed E-state index contributed by atoms with van der Waals surface area (Å²) in [6.45, 7) is 0.748. The topological polar surface area (TPSA) is 38.0 Å². The van der Waals surface area contributed by atoms with Gasteiger partial charge in [0.25, 0.3) is 0 Å². The lowest BCUT2D eigenvalue weighted by Gasteiger charge is -2.15. The predicted molar refractivity (Wildman–Crippen MR) is 73.0 cm³/mol. The number of benzene rings is 1. The van der Waals surface area contributed by atoms with Crippen LogP contribution in [-0.2, 0) is 6.18 Å². The molecule has 0 heterocycles.